The second-order valence-electron chi connectivity index (χ2n) is 7.18. The molecular formula is C18H17F3N6O. The third-order valence-electron chi connectivity index (χ3n) is 5.23. The zero-order valence-electron chi connectivity index (χ0n) is 14.7. The lowest BCUT2D eigenvalue weighted by Gasteiger charge is -2.28. The van der Waals surface area contributed by atoms with E-state index in [-0.39, 0.29) is 24.7 Å². The summed E-state index contributed by atoms with van der Waals surface area (Å²) >= 11 is 0. The van der Waals surface area contributed by atoms with E-state index in [1.165, 1.54) is 0 Å². The van der Waals surface area contributed by atoms with E-state index in [1.54, 1.807) is 23.1 Å². The quantitative estimate of drug-likeness (QED) is 0.860. The number of nitrogens with zero attached hydrogens (tertiary/aromatic N) is 5. The molecule has 3 atom stereocenters. The Bertz CT molecular complexity index is 963. The van der Waals surface area contributed by atoms with Crippen molar-refractivity contribution in [1.82, 2.24) is 19.7 Å². The Morgan fingerprint density at radius 2 is 2.18 bits per heavy atom. The van der Waals surface area contributed by atoms with Crippen LogP contribution >= 0.6 is 0 Å². The number of carbonyl (C=O) groups is 1. The largest absolute Gasteiger partial charge is 0.451 e. The van der Waals surface area contributed by atoms with Gasteiger partial charge in [-0.1, -0.05) is 12.1 Å². The molecule has 2 aromatic rings. The van der Waals surface area contributed by atoms with E-state index < -0.39 is 30.1 Å². The number of hydrogen-bond acceptors (Lipinski definition) is 5. The van der Waals surface area contributed by atoms with Gasteiger partial charge in [0, 0.05) is 19.0 Å². The molecule has 0 radical (unpaired) electrons. The van der Waals surface area contributed by atoms with E-state index in [4.69, 9.17) is 11.0 Å². The normalized spacial score (nSPS) is 21.5. The molecule has 2 aliphatic rings. The van der Waals surface area contributed by atoms with Crippen LogP contribution in [0.5, 0.6) is 0 Å². The minimum Gasteiger partial charge on any atom is -0.330 e. The van der Waals surface area contributed by atoms with Gasteiger partial charge < -0.3 is 15.2 Å². The fourth-order valence-electron chi connectivity index (χ4n) is 4.09. The van der Waals surface area contributed by atoms with Crippen LogP contribution in [0.4, 0.5) is 13.2 Å². The lowest BCUT2D eigenvalue weighted by Crippen LogP contribution is -2.39. The number of benzene rings is 1. The van der Waals surface area contributed by atoms with Crippen molar-refractivity contribution in [3.8, 4) is 6.07 Å². The Hall–Kier alpha value is -2.93. The van der Waals surface area contributed by atoms with Crippen LogP contribution in [-0.2, 0) is 17.4 Å². The summed E-state index contributed by atoms with van der Waals surface area (Å²) in [6, 6.07) is 7.66. The smallest absolute Gasteiger partial charge is 0.330 e. The number of halogens is 3. The fourth-order valence-corrected chi connectivity index (χ4v) is 4.09. The predicted octanol–water partition coefficient (Wildman–Crippen LogP) is 1.96. The Balaban J connectivity index is 1.43. The molecule has 1 amide bonds. The Labute approximate surface area is 158 Å². The van der Waals surface area contributed by atoms with Crippen LogP contribution < -0.4 is 5.73 Å². The molecule has 4 rings (SSSR count). The molecule has 0 spiro atoms. The van der Waals surface area contributed by atoms with Crippen LogP contribution in [0.15, 0.2) is 24.3 Å². The lowest BCUT2D eigenvalue weighted by molar-refractivity contribution is -0.148. The molecule has 0 saturated carbocycles. The molecule has 3 unspecified atom stereocenters. The maximum absolute atomic E-state index is 13.0. The molecule has 2 N–H and O–H groups in total. The zero-order chi connectivity index (χ0) is 20.1. The summed E-state index contributed by atoms with van der Waals surface area (Å²) in [5, 5.41) is 15.9. The number of aromatic nitrogens is 3. The fraction of sp³-hybridized carbons (Fsp3) is 0.444. The maximum Gasteiger partial charge on any atom is 0.451 e. The SMILES string of the molecule is N#Cc1cccc(CC(N)CC(=O)N2CC3CC2c2nnc(C(F)(F)F)n23)c1. The first-order chi connectivity index (χ1) is 13.3. The van der Waals surface area contributed by atoms with Gasteiger partial charge in [-0.25, -0.2) is 0 Å². The minimum atomic E-state index is -4.56. The van der Waals surface area contributed by atoms with Gasteiger partial charge in [0.1, 0.15) is 0 Å². The number of nitrogens with two attached hydrogens (primary N) is 1. The van der Waals surface area contributed by atoms with Gasteiger partial charge >= 0.3 is 6.18 Å². The van der Waals surface area contributed by atoms with Gasteiger partial charge in [0.25, 0.3) is 0 Å². The van der Waals surface area contributed by atoms with Crippen molar-refractivity contribution in [2.24, 2.45) is 5.73 Å². The van der Waals surface area contributed by atoms with Crippen LogP contribution in [0.1, 0.15) is 47.7 Å². The Kier molecular flexibility index (Phi) is 4.34. The van der Waals surface area contributed by atoms with Crippen LogP contribution in [-0.4, -0.2) is 38.2 Å². The Morgan fingerprint density at radius 3 is 2.89 bits per heavy atom. The molecule has 1 fully saturated rings. The topological polar surface area (TPSA) is 101 Å². The molecule has 3 heterocycles. The van der Waals surface area contributed by atoms with Gasteiger partial charge in [-0.3, -0.25) is 4.79 Å². The zero-order valence-corrected chi connectivity index (χ0v) is 14.7. The van der Waals surface area contributed by atoms with Crippen LogP contribution in [0.25, 0.3) is 0 Å². The number of likely N-dealkylation sites (tertiary alicyclic amines) is 1. The van der Waals surface area contributed by atoms with Crippen LogP contribution in [0.3, 0.4) is 0 Å². The number of alkyl halides is 3. The van der Waals surface area contributed by atoms with Crippen molar-refractivity contribution in [2.45, 2.75) is 43.6 Å². The number of hydrogen-bond donors (Lipinski definition) is 1. The predicted molar refractivity (Wildman–Crippen MR) is 90.6 cm³/mol. The highest BCUT2D eigenvalue weighted by atomic mass is 19.4. The molecule has 1 saturated heterocycles. The second kappa shape index (κ2) is 6.60. The average molecular weight is 390 g/mol. The molecule has 2 bridgehead atoms. The van der Waals surface area contributed by atoms with Crippen LogP contribution in [0.2, 0.25) is 0 Å². The van der Waals surface area contributed by atoms with Crippen molar-refractivity contribution < 1.29 is 18.0 Å². The molecule has 1 aromatic heterocycles. The summed E-state index contributed by atoms with van der Waals surface area (Å²) in [5.74, 6) is -1.03. The van der Waals surface area contributed by atoms with Gasteiger partial charge in [0.05, 0.1) is 23.7 Å². The number of rotatable bonds is 4. The third kappa shape index (κ3) is 3.11. The third-order valence-corrected chi connectivity index (χ3v) is 5.23. The molecule has 7 nitrogen and oxygen atoms in total. The second-order valence-corrected chi connectivity index (χ2v) is 7.18. The molecule has 2 aliphatic heterocycles. The molecular weight excluding hydrogens is 373 g/mol. The van der Waals surface area contributed by atoms with Gasteiger partial charge in [-0.2, -0.15) is 18.4 Å². The molecule has 146 valence electrons. The highest BCUT2D eigenvalue weighted by Crippen LogP contribution is 2.47. The first-order valence-electron chi connectivity index (χ1n) is 8.84. The highest BCUT2D eigenvalue weighted by molar-refractivity contribution is 5.78. The van der Waals surface area contributed by atoms with E-state index in [0.29, 0.717) is 18.4 Å². The summed E-state index contributed by atoms with van der Waals surface area (Å²) in [6.45, 7) is 0.203. The Morgan fingerprint density at radius 1 is 1.39 bits per heavy atom. The average Bonchev–Trinajstić information content (AvgIpc) is 3.32. The first kappa shape index (κ1) is 18.4. The minimum absolute atomic E-state index is 0.0697. The standard InChI is InChI=1S/C18H17F3N6O/c19-18(20,21)17-25-24-16-14-7-13(27(16)17)9-26(14)15(28)6-12(23)5-10-2-1-3-11(4-10)8-22/h1-4,12-14H,5-7,9,23H2. The molecule has 28 heavy (non-hydrogen) atoms. The molecule has 10 heteroatoms. The van der Waals surface area contributed by atoms with Crippen molar-refractivity contribution in [1.29, 1.82) is 5.26 Å². The van der Waals surface area contributed by atoms with E-state index in [9.17, 15) is 18.0 Å². The van der Waals surface area contributed by atoms with Gasteiger partial charge in [-0.15, -0.1) is 10.2 Å². The maximum atomic E-state index is 13.0. The summed E-state index contributed by atoms with van der Waals surface area (Å²) in [6.07, 6.45) is -3.65. The lowest BCUT2D eigenvalue weighted by atomic mass is 10.0. The van der Waals surface area contributed by atoms with Gasteiger partial charge in [-0.05, 0) is 30.5 Å². The summed E-state index contributed by atoms with van der Waals surface area (Å²) in [5.41, 5.74) is 7.49. The number of fused-ring (bicyclic) bond motifs is 5. The van der Waals surface area contributed by atoms with E-state index in [1.807, 2.05) is 6.07 Å². The highest BCUT2D eigenvalue weighted by Gasteiger charge is 2.51. The monoisotopic (exact) mass is 390 g/mol. The summed E-state index contributed by atoms with van der Waals surface area (Å²) in [7, 11) is 0. The van der Waals surface area contributed by atoms with Crippen molar-refractivity contribution in [3.05, 3.63) is 47.0 Å². The number of nitriles is 1. The van der Waals surface area contributed by atoms with Crippen LogP contribution in [0, 0.1) is 11.3 Å². The van der Waals surface area contributed by atoms with Crippen molar-refractivity contribution in [3.63, 3.8) is 0 Å². The number of amides is 1. The van der Waals surface area contributed by atoms with E-state index in [2.05, 4.69) is 16.3 Å². The van der Waals surface area contributed by atoms with E-state index in [0.717, 1.165) is 10.1 Å². The van der Waals surface area contributed by atoms with Crippen molar-refractivity contribution in [2.75, 3.05) is 6.54 Å². The molecule has 1 aromatic carbocycles. The number of carbonyl (C=O) groups excluding carboxylic acids is 1. The van der Waals surface area contributed by atoms with Crippen molar-refractivity contribution >= 4 is 5.91 Å². The van der Waals surface area contributed by atoms with Gasteiger partial charge in [0.15, 0.2) is 5.82 Å². The summed E-state index contributed by atoms with van der Waals surface area (Å²) in [4.78, 5) is 14.2. The van der Waals surface area contributed by atoms with E-state index >= 15 is 0 Å². The first-order valence-corrected chi connectivity index (χ1v) is 8.84. The van der Waals surface area contributed by atoms with Gasteiger partial charge in [0.2, 0.25) is 11.7 Å². The summed E-state index contributed by atoms with van der Waals surface area (Å²) < 4.78 is 40.3. The molecule has 0 aliphatic carbocycles.